The van der Waals surface area contributed by atoms with Crippen LogP contribution >= 0.6 is 0 Å². The molecule has 0 aliphatic heterocycles. The molecule has 7 nitrogen and oxygen atoms in total. The third kappa shape index (κ3) is 8.06. The predicted molar refractivity (Wildman–Crippen MR) is 215 cm³/mol. The summed E-state index contributed by atoms with van der Waals surface area (Å²) in [5.41, 5.74) is 8.03. The van der Waals surface area contributed by atoms with E-state index in [2.05, 4.69) is 116 Å². The summed E-state index contributed by atoms with van der Waals surface area (Å²) in [5.74, 6) is 2.98. The van der Waals surface area contributed by atoms with Gasteiger partial charge in [0.15, 0.2) is 0 Å². The number of rotatable bonds is 11. The maximum atomic E-state index is 5.19. The highest BCUT2D eigenvalue weighted by molar-refractivity contribution is 5.87. The Morgan fingerprint density at radius 2 is 1.41 bits per heavy atom. The molecule has 0 amide bonds. The molecule has 4 heterocycles. The van der Waals surface area contributed by atoms with Gasteiger partial charge in [-0.05, 0) is 81.2 Å². The van der Waals surface area contributed by atoms with Gasteiger partial charge in [-0.1, -0.05) is 104 Å². The van der Waals surface area contributed by atoms with Gasteiger partial charge >= 0.3 is 0 Å². The predicted octanol–water partition coefficient (Wildman–Crippen LogP) is 11.5. The minimum atomic E-state index is 0.532. The maximum Gasteiger partial charge on any atom is 0.263 e. The van der Waals surface area contributed by atoms with Gasteiger partial charge in [0.1, 0.15) is 28.6 Å². The highest BCUT2D eigenvalue weighted by atomic mass is 15.2. The molecule has 2 aliphatic carbocycles. The van der Waals surface area contributed by atoms with Crippen LogP contribution in [0.1, 0.15) is 107 Å². The van der Waals surface area contributed by atoms with E-state index in [9.17, 15) is 0 Å². The number of fused-ring (bicyclic) bond motifs is 4. The van der Waals surface area contributed by atoms with Gasteiger partial charge in [0, 0.05) is 36.2 Å². The molecule has 2 N–H and O–H groups in total. The molecule has 0 spiro atoms. The standard InChI is InChI=1S/C23H23N3.C21H31N4/c1-3-10-18(11-4-1)22-23(24-19-12-5-2-6-13-19)26-20-14-8-7-9-17(20)15-16-21(26)25-22;1-17-11-10-14-19-24-20(18-12-6-5-7-13-18)21(25(17)19)23-16-9-4-3-8-15-22-2/h1,3-4,7-11,14-16,19,24H,2,5-6,12-13H2;2,10-11,14,18,23H,3-9,12-13,15-16H2,1H3/q;+1. The van der Waals surface area contributed by atoms with Crippen molar-refractivity contribution in [3.8, 4) is 17.8 Å². The van der Waals surface area contributed by atoms with Crippen molar-refractivity contribution in [3.63, 3.8) is 0 Å². The molecule has 0 atom stereocenters. The van der Waals surface area contributed by atoms with Gasteiger partial charge in [0.2, 0.25) is 0 Å². The SMILES string of the molecule is C#[N+]CCCCCCNc1c(C2CCCCC2)nc2cccc(C)n12.c1ccc(-c2nc3ccc4ccccc4n3c2NC2CCCCC2)cc1. The molecule has 0 saturated heterocycles. The summed E-state index contributed by atoms with van der Waals surface area (Å²) in [5, 5.41) is 8.82. The van der Waals surface area contributed by atoms with Crippen LogP contribution in [0.2, 0.25) is 0 Å². The first-order valence-electron chi connectivity index (χ1n) is 19.5. The molecule has 0 unspecified atom stereocenters. The molecular formula is C44H54N7+. The molecular weight excluding hydrogens is 627 g/mol. The number of anilines is 2. The van der Waals surface area contributed by atoms with Crippen molar-refractivity contribution in [3.05, 3.63) is 101 Å². The van der Waals surface area contributed by atoms with E-state index in [1.54, 1.807) is 0 Å². The van der Waals surface area contributed by atoms with Gasteiger partial charge in [-0.15, -0.1) is 0 Å². The molecule has 0 bridgehead atoms. The lowest BCUT2D eigenvalue weighted by atomic mass is 9.87. The molecule has 264 valence electrons. The lowest BCUT2D eigenvalue weighted by molar-refractivity contribution is 0.438. The van der Waals surface area contributed by atoms with Crippen LogP contribution in [0.4, 0.5) is 11.6 Å². The fourth-order valence-corrected chi connectivity index (χ4v) is 8.15. The first-order chi connectivity index (χ1) is 25.2. The van der Waals surface area contributed by atoms with Crippen LogP contribution in [0.3, 0.4) is 0 Å². The number of hydrogen-bond acceptors (Lipinski definition) is 4. The zero-order chi connectivity index (χ0) is 34.8. The lowest BCUT2D eigenvalue weighted by Gasteiger charge is -2.24. The number of imidazole rings is 2. The van der Waals surface area contributed by atoms with E-state index in [0.29, 0.717) is 12.0 Å². The molecule has 2 aliphatic rings. The van der Waals surface area contributed by atoms with Gasteiger partial charge < -0.3 is 10.6 Å². The minimum absolute atomic E-state index is 0.532. The van der Waals surface area contributed by atoms with E-state index in [4.69, 9.17) is 16.5 Å². The Bertz CT molecular complexity index is 2060. The number of aryl methyl sites for hydroxylation is 1. The summed E-state index contributed by atoms with van der Waals surface area (Å²) in [6, 6.07) is 30.3. The molecule has 2 aromatic carbocycles. The summed E-state index contributed by atoms with van der Waals surface area (Å²) in [6.07, 6.45) is 17.8. The number of hydrogen-bond donors (Lipinski definition) is 2. The summed E-state index contributed by atoms with van der Waals surface area (Å²) in [4.78, 5) is 13.7. The Labute approximate surface area is 303 Å². The van der Waals surface area contributed by atoms with E-state index in [1.165, 1.54) is 117 Å². The number of benzene rings is 2. The third-order valence-electron chi connectivity index (χ3n) is 10.9. The van der Waals surface area contributed by atoms with Crippen LogP contribution in [-0.2, 0) is 0 Å². The van der Waals surface area contributed by atoms with Crippen molar-refractivity contribution in [1.82, 2.24) is 18.8 Å². The van der Waals surface area contributed by atoms with Crippen molar-refractivity contribution >= 4 is 33.8 Å². The first-order valence-corrected chi connectivity index (χ1v) is 19.5. The quantitative estimate of drug-likeness (QED) is 0.134. The second kappa shape index (κ2) is 16.9. The van der Waals surface area contributed by atoms with Crippen LogP contribution in [0.25, 0.3) is 38.3 Å². The van der Waals surface area contributed by atoms with Crippen molar-refractivity contribution in [2.45, 2.75) is 109 Å². The van der Waals surface area contributed by atoms with Crippen LogP contribution < -0.4 is 10.6 Å². The molecule has 0 radical (unpaired) electrons. The largest absolute Gasteiger partial charge is 0.370 e. The van der Waals surface area contributed by atoms with Gasteiger partial charge in [-0.3, -0.25) is 8.80 Å². The molecule has 51 heavy (non-hydrogen) atoms. The molecule has 7 heteroatoms. The molecule has 6 aromatic rings. The van der Waals surface area contributed by atoms with E-state index in [1.807, 2.05) is 0 Å². The number of aromatic nitrogens is 4. The number of unbranched alkanes of at least 4 members (excludes halogenated alkanes) is 3. The highest BCUT2D eigenvalue weighted by Gasteiger charge is 2.24. The zero-order valence-corrected chi connectivity index (χ0v) is 30.4. The Hall–Kier alpha value is -4.83. The Morgan fingerprint density at radius 1 is 0.686 bits per heavy atom. The van der Waals surface area contributed by atoms with Crippen molar-refractivity contribution in [2.24, 2.45) is 0 Å². The second-order valence-electron chi connectivity index (χ2n) is 14.5. The first kappa shape index (κ1) is 34.6. The van der Waals surface area contributed by atoms with Gasteiger partial charge in [0.05, 0.1) is 11.2 Å². The fraction of sp³-hybridized carbons (Fsp3) is 0.432. The Kier molecular flexibility index (Phi) is 11.5. The number of nitrogens with one attached hydrogen (secondary N) is 2. The summed E-state index contributed by atoms with van der Waals surface area (Å²) in [7, 11) is 0. The van der Waals surface area contributed by atoms with E-state index < -0.39 is 0 Å². The van der Waals surface area contributed by atoms with E-state index in [-0.39, 0.29) is 0 Å². The maximum absolute atomic E-state index is 5.19. The average molecular weight is 681 g/mol. The molecule has 8 rings (SSSR count). The smallest absolute Gasteiger partial charge is 0.263 e. The number of pyridine rings is 2. The number of para-hydroxylation sites is 1. The molecule has 4 aromatic heterocycles. The summed E-state index contributed by atoms with van der Waals surface area (Å²) in [6.45, 7) is 9.14. The van der Waals surface area contributed by atoms with Gasteiger partial charge in [-0.25, -0.2) is 9.97 Å². The van der Waals surface area contributed by atoms with E-state index >= 15 is 0 Å². The monoisotopic (exact) mass is 680 g/mol. The lowest BCUT2D eigenvalue weighted by Crippen LogP contribution is -2.23. The number of nitrogens with zero attached hydrogens (tertiary/aromatic N) is 5. The fourth-order valence-electron chi connectivity index (χ4n) is 8.15. The Morgan fingerprint density at radius 3 is 2.22 bits per heavy atom. The summed E-state index contributed by atoms with van der Waals surface area (Å²) >= 11 is 0. The normalized spacial score (nSPS) is 15.5. The van der Waals surface area contributed by atoms with Crippen LogP contribution in [0.5, 0.6) is 0 Å². The van der Waals surface area contributed by atoms with Gasteiger partial charge in [-0.2, -0.15) is 0 Å². The van der Waals surface area contributed by atoms with Crippen LogP contribution in [-0.4, -0.2) is 37.9 Å². The second-order valence-corrected chi connectivity index (χ2v) is 14.5. The average Bonchev–Trinajstić information content (AvgIpc) is 3.75. The highest BCUT2D eigenvalue weighted by Crippen LogP contribution is 2.37. The summed E-state index contributed by atoms with van der Waals surface area (Å²) < 4.78 is 4.60. The van der Waals surface area contributed by atoms with E-state index in [0.717, 1.165) is 42.3 Å². The zero-order valence-electron chi connectivity index (χ0n) is 30.4. The van der Waals surface area contributed by atoms with Crippen molar-refractivity contribution in [1.29, 1.82) is 0 Å². The topological polar surface area (TPSA) is 63.0 Å². The third-order valence-corrected chi connectivity index (χ3v) is 10.9. The molecule has 2 saturated carbocycles. The Balaban J connectivity index is 0.000000159. The van der Waals surface area contributed by atoms with Crippen LogP contribution in [0, 0.1) is 13.5 Å². The van der Waals surface area contributed by atoms with Crippen molar-refractivity contribution in [2.75, 3.05) is 23.7 Å². The van der Waals surface area contributed by atoms with Gasteiger partial charge in [0.25, 0.3) is 13.1 Å². The van der Waals surface area contributed by atoms with Crippen LogP contribution in [0.15, 0.2) is 84.9 Å². The minimum Gasteiger partial charge on any atom is -0.370 e. The molecule has 2 fully saturated rings. The van der Waals surface area contributed by atoms with Crippen molar-refractivity contribution < 1.29 is 0 Å².